The highest BCUT2D eigenvalue weighted by Gasteiger charge is 2.21. The molecule has 0 amide bonds. The smallest absolute Gasteiger partial charge is 0.342 e. The van der Waals surface area contributed by atoms with Crippen LogP contribution in [0.5, 0.6) is 0 Å². The minimum absolute atomic E-state index is 0.0295. The maximum Gasteiger partial charge on any atom is 0.342 e. The molecule has 0 saturated carbocycles. The SMILES string of the molecule is COC(=O)c1c(Cl)nc(Cl)c(Cl)c1Cl. The molecule has 0 N–H and O–H groups in total. The lowest BCUT2D eigenvalue weighted by Gasteiger charge is -2.06. The molecule has 0 aliphatic heterocycles. The van der Waals surface area contributed by atoms with Gasteiger partial charge in [-0.15, -0.1) is 0 Å². The van der Waals surface area contributed by atoms with Gasteiger partial charge < -0.3 is 4.74 Å². The van der Waals surface area contributed by atoms with Crippen LogP contribution in [0.3, 0.4) is 0 Å². The van der Waals surface area contributed by atoms with Gasteiger partial charge in [0.15, 0.2) is 5.15 Å². The summed E-state index contributed by atoms with van der Waals surface area (Å²) in [5, 5.41) is -0.299. The van der Waals surface area contributed by atoms with Gasteiger partial charge in [0.05, 0.1) is 17.2 Å². The van der Waals surface area contributed by atoms with Crippen molar-refractivity contribution in [2.24, 2.45) is 0 Å². The van der Waals surface area contributed by atoms with E-state index in [4.69, 9.17) is 46.4 Å². The minimum Gasteiger partial charge on any atom is -0.465 e. The van der Waals surface area contributed by atoms with Gasteiger partial charge in [-0.2, -0.15) is 0 Å². The number of nitrogens with zero attached hydrogens (tertiary/aromatic N) is 1. The van der Waals surface area contributed by atoms with Crippen molar-refractivity contribution >= 4 is 52.4 Å². The zero-order valence-corrected chi connectivity index (χ0v) is 9.80. The molecule has 1 heterocycles. The number of aromatic nitrogens is 1. The van der Waals surface area contributed by atoms with Crippen LogP contribution in [0, 0.1) is 0 Å². The Morgan fingerprint density at radius 2 is 1.71 bits per heavy atom. The van der Waals surface area contributed by atoms with Crippen molar-refractivity contribution in [2.45, 2.75) is 0 Å². The van der Waals surface area contributed by atoms with E-state index >= 15 is 0 Å². The molecule has 1 aromatic heterocycles. The van der Waals surface area contributed by atoms with Crippen LogP contribution in [0.1, 0.15) is 10.4 Å². The molecule has 1 rings (SSSR count). The van der Waals surface area contributed by atoms with Crippen molar-refractivity contribution in [2.75, 3.05) is 7.11 Å². The fourth-order valence-electron chi connectivity index (χ4n) is 0.758. The molecule has 0 unspecified atom stereocenters. The molecule has 0 saturated heterocycles. The molecule has 0 spiro atoms. The third-order valence-electron chi connectivity index (χ3n) is 1.39. The summed E-state index contributed by atoms with van der Waals surface area (Å²) < 4.78 is 4.44. The van der Waals surface area contributed by atoms with Gasteiger partial charge in [-0.25, -0.2) is 9.78 Å². The number of carbonyl (C=O) groups excluding carboxylic acids is 1. The average Bonchev–Trinajstić information content (AvgIpc) is 2.14. The fourth-order valence-corrected chi connectivity index (χ4v) is 1.73. The molecule has 0 aromatic carbocycles. The molecule has 0 aliphatic carbocycles. The largest absolute Gasteiger partial charge is 0.465 e. The van der Waals surface area contributed by atoms with Crippen molar-refractivity contribution in [1.82, 2.24) is 4.98 Å². The number of ether oxygens (including phenoxy) is 1. The second kappa shape index (κ2) is 4.53. The van der Waals surface area contributed by atoms with E-state index in [1.54, 1.807) is 0 Å². The predicted molar refractivity (Wildman–Crippen MR) is 55.6 cm³/mol. The zero-order chi connectivity index (χ0) is 10.9. The van der Waals surface area contributed by atoms with Gasteiger partial charge in [-0.05, 0) is 0 Å². The van der Waals surface area contributed by atoms with Gasteiger partial charge in [-0.1, -0.05) is 46.4 Å². The Labute approximate surface area is 99.9 Å². The summed E-state index contributed by atoms with van der Waals surface area (Å²) in [6, 6.07) is 0. The Morgan fingerprint density at radius 3 is 2.21 bits per heavy atom. The van der Waals surface area contributed by atoms with Crippen LogP contribution in [-0.4, -0.2) is 18.1 Å². The summed E-state index contributed by atoms with van der Waals surface area (Å²) >= 11 is 22.6. The van der Waals surface area contributed by atoms with Crippen LogP contribution in [-0.2, 0) is 4.74 Å². The highest BCUT2D eigenvalue weighted by atomic mass is 35.5. The zero-order valence-electron chi connectivity index (χ0n) is 6.78. The number of methoxy groups -OCH3 is 1. The van der Waals surface area contributed by atoms with Crippen LogP contribution >= 0.6 is 46.4 Å². The Hall–Kier alpha value is -0.220. The van der Waals surface area contributed by atoms with E-state index in [2.05, 4.69) is 9.72 Å². The monoisotopic (exact) mass is 273 g/mol. The highest BCUT2D eigenvalue weighted by molar-refractivity contribution is 6.50. The van der Waals surface area contributed by atoms with E-state index in [0.717, 1.165) is 0 Å². The molecule has 76 valence electrons. The lowest BCUT2D eigenvalue weighted by atomic mass is 10.3. The van der Waals surface area contributed by atoms with Crippen molar-refractivity contribution in [1.29, 1.82) is 0 Å². The van der Waals surface area contributed by atoms with Crippen LogP contribution < -0.4 is 0 Å². The van der Waals surface area contributed by atoms with E-state index in [1.165, 1.54) is 7.11 Å². The number of carbonyl (C=O) groups is 1. The summed E-state index contributed by atoms with van der Waals surface area (Å²) in [6.45, 7) is 0. The Kier molecular flexibility index (Phi) is 3.84. The number of rotatable bonds is 1. The first-order valence-electron chi connectivity index (χ1n) is 3.27. The van der Waals surface area contributed by atoms with Gasteiger partial charge in [0, 0.05) is 0 Å². The molecule has 7 heteroatoms. The summed E-state index contributed by atoms with van der Waals surface area (Å²) in [5.74, 6) is -0.717. The molecule has 0 fully saturated rings. The van der Waals surface area contributed by atoms with Gasteiger partial charge >= 0.3 is 5.97 Å². The first-order chi connectivity index (χ1) is 6.49. The van der Waals surface area contributed by atoms with E-state index in [9.17, 15) is 4.79 Å². The van der Waals surface area contributed by atoms with Crippen LogP contribution in [0.4, 0.5) is 0 Å². The number of hydrogen-bond acceptors (Lipinski definition) is 3. The maximum atomic E-state index is 11.2. The molecule has 3 nitrogen and oxygen atoms in total. The average molecular weight is 275 g/mol. The minimum atomic E-state index is -0.717. The van der Waals surface area contributed by atoms with Crippen LogP contribution in [0.2, 0.25) is 20.4 Å². The van der Waals surface area contributed by atoms with Gasteiger partial charge in [0.25, 0.3) is 0 Å². The van der Waals surface area contributed by atoms with Crippen molar-refractivity contribution in [3.05, 3.63) is 25.9 Å². The molecule has 1 aromatic rings. The third kappa shape index (κ3) is 2.06. The molecular weight excluding hydrogens is 272 g/mol. The molecule has 0 bridgehead atoms. The summed E-state index contributed by atoms with van der Waals surface area (Å²) in [5.41, 5.74) is -0.0924. The Balaban J connectivity index is 3.44. The summed E-state index contributed by atoms with van der Waals surface area (Å²) in [6.07, 6.45) is 0. The molecule has 0 radical (unpaired) electrons. The van der Waals surface area contributed by atoms with E-state index in [1.807, 2.05) is 0 Å². The molecular formula is C7H3Cl4NO2. The maximum absolute atomic E-state index is 11.2. The van der Waals surface area contributed by atoms with Gasteiger partial charge in [0.1, 0.15) is 10.7 Å². The second-order valence-electron chi connectivity index (χ2n) is 2.19. The van der Waals surface area contributed by atoms with Crippen LogP contribution in [0.25, 0.3) is 0 Å². The lowest BCUT2D eigenvalue weighted by molar-refractivity contribution is 0.0600. The van der Waals surface area contributed by atoms with Gasteiger partial charge in [-0.3, -0.25) is 0 Å². The predicted octanol–water partition coefficient (Wildman–Crippen LogP) is 3.48. The number of hydrogen-bond donors (Lipinski definition) is 0. The van der Waals surface area contributed by atoms with Gasteiger partial charge in [0.2, 0.25) is 0 Å². The van der Waals surface area contributed by atoms with E-state index in [-0.39, 0.29) is 25.9 Å². The van der Waals surface area contributed by atoms with Crippen molar-refractivity contribution in [3.8, 4) is 0 Å². The number of esters is 1. The molecule has 0 aliphatic rings. The summed E-state index contributed by atoms with van der Waals surface area (Å²) in [7, 11) is 1.19. The normalized spacial score (nSPS) is 10.1. The lowest BCUT2D eigenvalue weighted by Crippen LogP contribution is -2.05. The summed E-state index contributed by atoms with van der Waals surface area (Å²) in [4.78, 5) is 14.8. The Bertz CT molecular complexity index is 394. The number of halogens is 4. The number of pyridine rings is 1. The van der Waals surface area contributed by atoms with Crippen LogP contribution in [0.15, 0.2) is 0 Å². The van der Waals surface area contributed by atoms with Crippen molar-refractivity contribution in [3.63, 3.8) is 0 Å². The van der Waals surface area contributed by atoms with Crippen molar-refractivity contribution < 1.29 is 9.53 Å². The first kappa shape index (κ1) is 11.9. The standard InChI is InChI=1S/C7H3Cl4NO2/c1-14-7(13)2-3(8)4(9)6(11)12-5(2)10/h1H3. The third-order valence-corrected chi connectivity index (χ3v) is 2.87. The van der Waals surface area contributed by atoms with E-state index < -0.39 is 5.97 Å². The van der Waals surface area contributed by atoms with E-state index in [0.29, 0.717) is 0 Å². The molecule has 0 atom stereocenters. The first-order valence-corrected chi connectivity index (χ1v) is 4.78. The highest BCUT2D eigenvalue weighted by Crippen LogP contribution is 2.35. The molecule has 14 heavy (non-hydrogen) atoms. The fraction of sp³-hybridized carbons (Fsp3) is 0.143. The topological polar surface area (TPSA) is 39.2 Å². The Morgan fingerprint density at radius 1 is 1.14 bits per heavy atom. The quantitative estimate of drug-likeness (QED) is 0.581. The second-order valence-corrected chi connectivity index (χ2v) is 3.66.